The van der Waals surface area contributed by atoms with Crippen LogP contribution in [0.3, 0.4) is 0 Å². The van der Waals surface area contributed by atoms with Crippen LogP contribution in [0, 0.1) is 17.8 Å². The largest absolute Gasteiger partial charge is 0.384 e. The Morgan fingerprint density at radius 2 is 2.22 bits per heavy atom. The quantitative estimate of drug-likeness (QED) is 0.811. The van der Waals surface area contributed by atoms with Crippen LogP contribution < -0.4 is 10.2 Å². The van der Waals surface area contributed by atoms with Gasteiger partial charge in [-0.05, 0) is 31.1 Å². The highest BCUT2D eigenvalue weighted by Gasteiger charge is 2.56. The fourth-order valence-electron chi connectivity index (χ4n) is 4.19. The first kappa shape index (κ1) is 14.7. The zero-order chi connectivity index (χ0) is 16.1. The second-order valence-corrected chi connectivity index (χ2v) is 6.99. The van der Waals surface area contributed by atoms with Crippen molar-refractivity contribution in [3.8, 4) is 0 Å². The minimum Gasteiger partial charge on any atom is -0.384 e. The predicted molar refractivity (Wildman–Crippen MR) is 86.2 cm³/mol. The number of hydrogen-bond acceptors (Lipinski definition) is 6. The second kappa shape index (κ2) is 5.33. The molecule has 1 aromatic heterocycles. The molecule has 1 aromatic rings. The number of fused-ring (bicyclic) bond motifs is 2. The van der Waals surface area contributed by atoms with E-state index in [4.69, 9.17) is 0 Å². The van der Waals surface area contributed by atoms with Crippen molar-refractivity contribution in [3.63, 3.8) is 0 Å². The van der Waals surface area contributed by atoms with E-state index in [2.05, 4.69) is 27.2 Å². The Kier molecular flexibility index (Phi) is 3.41. The molecule has 124 valence electrons. The molecule has 1 unspecified atom stereocenters. The molecule has 0 bridgehead atoms. The van der Waals surface area contributed by atoms with Gasteiger partial charge in [-0.3, -0.25) is 4.79 Å². The predicted octanol–water partition coefficient (Wildman–Crippen LogP) is -0.0340. The Balaban J connectivity index is 1.37. The van der Waals surface area contributed by atoms with Gasteiger partial charge in [0, 0.05) is 38.8 Å². The molecular weight excluding hydrogens is 294 g/mol. The molecule has 0 spiro atoms. The highest BCUT2D eigenvalue weighted by molar-refractivity contribution is 5.80. The molecule has 3 heterocycles. The molecule has 1 saturated heterocycles. The summed E-state index contributed by atoms with van der Waals surface area (Å²) in [5.41, 5.74) is 1.21. The monoisotopic (exact) mass is 317 g/mol. The van der Waals surface area contributed by atoms with Crippen molar-refractivity contribution in [2.45, 2.75) is 19.4 Å². The molecule has 2 N–H and O–H groups in total. The second-order valence-electron chi connectivity index (χ2n) is 6.99. The number of hydrogen-bond donors (Lipinski definition) is 2. The van der Waals surface area contributed by atoms with E-state index in [1.807, 2.05) is 4.90 Å². The van der Waals surface area contributed by atoms with E-state index in [9.17, 15) is 9.90 Å². The lowest BCUT2D eigenvalue weighted by atomic mass is 10.2. The minimum atomic E-state index is -0.885. The van der Waals surface area contributed by atoms with Crippen molar-refractivity contribution in [1.29, 1.82) is 0 Å². The van der Waals surface area contributed by atoms with Gasteiger partial charge in [0.15, 0.2) is 0 Å². The van der Waals surface area contributed by atoms with Crippen molar-refractivity contribution in [2.75, 3.05) is 43.4 Å². The van der Waals surface area contributed by atoms with Crippen LogP contribution in [0.5, 0.6) is 0 Å². The highest BCUT2D eigenvalue weighted by Crippen LogP contribution is 2.52. The van der Waals surface area contributed by atoms with Crippen molar-refractivity contribution < 1.29 is 9.90 Å². The van der Waals surface area contributed by atoms with Gasteiger partial charge in [0.2, 0.25) is 0 Å². The van der Waals surface area contributed by atoms with E-state index in [-0.39, 0.29) is 5.91 Å². The van der Waals surface area contributed by atoms with Crippen LogP contribution in [0.2, 0.25) is 0 Å². The molecule has 1 aliphatic carbocycles. The molecule has 4 atom stereocenters. The Bertz CT molecular complexity index is 623. The normalized spacial score (nSPS) is 28.8. The minimum absolute atomic E-state index is 0.135. The van der Waals surface area contributed by atoms with Gasteiger partial charge in [-0.1, -0.05) is 0 Å². The summed E-state index contributed by atoms with van der Waals surface area (Å²) in [6.07, 6.45) is 1.72. The number of amides is 1. The van der Waals surface area contributed by atoms with E-state index in [0.717, 1.165) is 44.2 Å². The molecule has 23 heavy (non-hydrogen) atoms. The summed E-state index contributed by atoms with van der Waals surface area (Å²) in [4.78, 5) is 24.6. The standard InChI is InChI=1S/C16H23N5O2/c1-9(22)16(23)21-6-12-11(13(12)7-21)5-20(2)15-10-3-4-17-14(10)18-8-19-15/h8-9,11-13,22H,3-7H2,1-2H3,(H,17,18,19)/t9?,11-,12-,13+. The van der Waals surface area contributed by atoms with Crippen LogP contribution in [0.15, 0.2) is 6.33 Å². The van der Waals surface area contributed by atoms with E-state index in [0.29, 0.717) is 17.8 Å². The van der Waals surface area contributed by atoms with Gasteiger partial charge >= 0.3 is 0 Å². The van der Waals surface area contributed by atoms with E-state index < -0.39 is 6.10 Å². The summed E-state index contributed by atoms with van der Waals surface area (Å²) >= 11 is 0. The topological polar surface area (TPSA) is 81.6 Å². The zero-order valence-corrected chi connectivity index (χ0v) is 13.6. The Hall–Kier alpha value is -1.89. The number of carbonyl (C=O) groups is 1. The molecule has 1 amide bonds. The van der Waals surface area contributed by atoms with Crippen molar-refractivity contribution in [2.24, 2.45) is 17.8 Å². The zero-order valence-electron chi connectivity index (χ0n) is 13.6. The number of aliphatic hydroxyl groups is 1. The number of aliphatic hydroxyl groups excluding tert-OH is 1. The molecule has 2 fully saturated rings. The molecule has 7 nitrogen and oxygen atoms in total. The van der Waals surface area contributed by atoms with Gasteiger partial charge < -0.3 is 20.2 Å². The van der Waals surface area contributed by atoms with Gasteiger partial charge in [0.05, 0.1) is 0 Å². The lowest BCUT2D eigenvalue weighted by Gasteiger charge is -2.24. The number of piperidine rings is 1. The highest BCUT2D eigenvalue weighted by atomic mass is 16.3. The number of likely N-dealkylation sites (tertiary alicyclic amines) is 1. The number of rotatable bonds is 4. The molecule has 4 rings (SSSR count). The van der Waals surface area contributed by atoms with Gasteiger partial charge in [-0.15, -0.1) is 0 Å². The van der Waals surface area contributed by atoms with Gasteiger partial charge in [0.1, 0.15) is 24.1 Å². The number of carbonyl (C=O) groups excluding carboxylic acids is 1. The van der Waals surface area contributed by atoms with Crippen LogP contribution in [0.4, 0.5) is 11.6 Å². The van der Waals surface area contributed by atoms with Crippen LogP contribution in [-0.2, 0) is 11.2 Å². The Morgan fingerprint density at radius 3 is 2.91 bits per heavy atom. The van der Waals surface area contributed by atoms with Gasteiger partial charge in [-0.25, -0.2) is 9.97 Å². The van der Waals surface area contributed by atoms with Gasteiger partial charge in [-0.2, -0.15) is 0 Å². The third kappa shape index (κ3) is 2.43. The van der Waals surface area contributed by atoms with Crippen LogP contribution in [0.1, 0.15) is 12.5 Å². The first-order valence-electron chi connectivity index (χ1n) is 8.32. The third-order valence-corrected chi connectivity index (χ3v) is 5.48. The summed E-state index contributed by atoms with van der Waals surface area (Å²) in [6, 6.07) is 0. The SMILES string of the molecule is CC(O)C(=O)N1C[C@@H]2[C@H](C1)[C@H]2CN(C)c1ncnc2c1CCN2. The summed E-state index contributed by atoms with van der Waals surface area (Å²) in [7, 11) is 2.09. The summed E-state index contributed by atoms with van der Waals surface area (Å²) in [5, 5.41) is 12.7. The van der Waals surface area contributed by atoms with E-state index >= 15 is 0 Å². The van der Waals surface area contributed by atoms with Crippen molar-refractivity contribution >= 4 is 17.5 Å². The summed E-state index contributed by atoms with van der Waals surface area (Å²) < 4.78 is 0. The molecule has 0 aromatic carbocycles. The number of anilines is 2. The average molecular weight is 317 g/mol. The number of aromatic nitrogens is 2. The smallest absolute Gasteiger partial charge is 0.251 e. The summed E-state index contributed by atoms with van der Waals surface area (Å²) in [6.45, 7) is 5.02. The number of nitrogens with one attached hydrogen (secondary N) is 1. The maximum absolute atomic E-state index is 11.8. The summed E-state index contributed by atoms with van der Waals surface area (Å²) in [5.74, 6) is 3.64. The lowest BCUT2D eigenvalue weighted by molar-refractivity contribution is -0.138. The van der Waals surface area contributed by atoms with Crippen LogP contribution >= 0.6 is 0 Å². The van der Waals surface area contributed by atoms with Gasteiger partial charge in [0.25, 0.3) is 5.91 Å². The van der Waals surface area contributed by atoms with Crippen molar-refractivity contribution in [3.05, 3.63) is 11.9 Å². The fourth-order valence-corrected chi connectivity index (χ4v) is 4.19. The molecule has 0 radical (unpaired) electrons. The molecule has 7 heteroatoms. The average Bonchev–Trinajstić information content (AvgIpc) is 2.96. The lowest BCUT2D eigenvalue weighted by Crippen LogP contribution is -2.38. The first-order valence-corrected chi connectivity index (χ1v) is 8.32. The molecular formula is C16H23N5O2. The third-order valence-electron chi connectivity index (χ3n) is 5.48. The fraction of sp³-hybridized carbons (Fsp3) is 0.688. The van der Waals surface area contributed by atoms with Crippen molar-refractivity contribution in [1.82, 2.24) is 14.9 Å². The van der Waals surface area contributed by atoms with Crippen LogP contribution in [-0.4, -0.2) is 65.2 Å². The van der Waals surface area contributed by atoms with E-state index in [1.165, 1.54) is 5.56 Å². The molecule has 3 aliphatic rings. The maximum atomic E-state index is 11.8. The molecule has 1 saturated carbocycles. The first-order chi connectivity index (χ1) is 11.1. The molecule has 2 aliphatic heterocycles. The Labute approximate surface area is 135 Å². The Morgan fingerprint density at radius 1 is 1.48 bits per heavy atom. The maximum Gasteiger partial charge on any atom is 0.251 e. The van der Waals surface area contributed by atoms with Crippen LogP contribution in [0.25, 0.3) is 0 Å². The number of nitrogens with zero attached hydrogens (tertiary/aromatic N) is 4. The van der Waals surface area contributed by atoms with E-state index in [1.54, 1.807) is 13.3 Å².